The van der Waals surface area contributed by atoms with E-state index >= 15 is 0 Å². The van der Waals surface area contributed by atoms with Crippen molar-refractivity contribution in [2.45, 2.75) is 61.6 Å². The molecule has 0 aliphatic carbocycles. The fourth-order valence-electron chi connectivity index (χ4n) is 4.74. The summed E-state index contributed by atoms with van der Waals surface area (Å²) in [5.41, 5.74) is 5.27. The number of piperidine rings is 1. The van der Waals surface area contributed by atoms with Gasteiger partial charge in [-0.1, -0.05) is 54.2 Å². The first-order valence-corrected chi connectivity index (χ1v) is 11.9. The lowest BCUT2D eigenvalue weighted by atomic mass is 9.95. The number of benzene rings is 2. The van der Waals surface area contributed by atoms with Gasteiger partial charge in [-0.05, 0) is 50.8 Å². The molecule has 6 nitrogen and oxygen atoms in total. The average molecular weight is 452 g/mol. The Hall–Kier alpha value is -2.87. The molecule has 3 heterocycles. The van der Waals surface area contributed by atoms with Gasteiger partial charge in [0.05, 0.1) is 6.04 Å². The zero-order valence-corrected chi connectivity index (χ0v) is 18.9. The molecule has 2 aromatic carbocycles. The van der Waals surface area contributed by atoms with Crippen molar-refractivity contribution >= 4 is 17.7 Å². The second-order valence-electron chi connectivity index (χ2n) is 8.58. The number of thioether (sulfide) groups is 1. The number of amides is 1. The maximum atomic E-state index is 13.8. The van der Waals surface area contributed by atoms with Crippen molar-refractivity contribution in [2.75, 3.05) is 5.43 Å². The zero-order valence-electron chi connectivity index (χ0n) is 18.1. The van der Waals surface area contributed by atoms with Gasteiger partial charge in [0.25, 0.3) is 0 Å². The number of fused-ring (bicyclic) bond motifs is 1. The van der Waals surface area contributed by atoms with E-state index in [0.717, 1.165) is 30.4 Å². The molecular weight excluding hydrogens is 425 g/mol. The Balaban J connectivity index is 1.54. The summed E-state index contributed by atoms with van der Waals surface area (Å²) >= 11 is 1.43. The summed E-state index contributed by atoms with van der Waals surface area (Å²) in [6, 6.07) is 16.2. The number of likely N-dealkylation sites (tertiary alicyclic amines) is 1. The van der Waals surface area contributed by atoms with Crippen LogP contribution in [0.25, 0.3) is 11.4 Å². The van der Waals surface area contributed by atoms with E-state index in [4.69, 9.17) is 0 Å². The van der Waals surface area contributed by atoms with E-state index in [1.54, 1.807) is 12.1 Å². The molecule has 0 saturated carbocycles. The van der Waals surface area contributed by atoms with Gasteiger partial charge in [-0.15, -0.1) is 10.2 Å². The van der Waals surface area contributed by atoms with Gasteiger partial charge in [-0.3, -0.25) is 4.79 Å². The molecule has 3 aromatic rings. The highest BCUT2D eigenvalue weighted by molar-refractivity contribution is 8.00. The molecule has 166 valence electrons. The first kappa shape index (κ1) is 21.0. The third-order valence-corrected chi connectivity index (χ3v) is 7.59. The molecule has 0 radical (unpaired) electrons. The molecular formula is C24H26FN5OS. The number of aromatic nitrogens is 3. The van der Waals surface area contributed by atoms with Gasteiger partial charge in [-0.25, -0.2) is 9.07 Å². The number of carbonyl (C=O) groups is 1. The number of hydrogen-bond donors (Lipinski definition) is 1. The third-order valence-electron chi connectivity index (χ3n) is 6.39. The van der Waals surface area contributed by atoms with Crippen molar-refractivity contribution in [1.29, 1.82) is 0 Å². The van der Waals surface area contributed by atoms with Gasteiger partial charge in [0.15, 0.2) is 5.82 Å². The van der Waals surface area contributed by atoms with Crippen LogP contribution in [-0.2, 0) is 4.79 Å². The highest BCUT2D eigenvalue weighted by Gasteiger charge is 2.42. The first-order chi connectivity index (χ1) is 15.5. The smallest absolute Gasteiger partial charge is 0.239 e. The van der Waals surface area contributed by atoms with Gasteiger partial charge in [0.2, 0.25) is 11.1 Å². The molecule has 1 saturated heterocycles. The van der Waals surface area contributed by atoms with E-state index in [1.807, 2.05) is 39.9 Å². The number of carbonyl (C=O) groups excluding carboxylic acids is 1. The van der Waals surface area contributed by atoms with Crippen molar-refractivity contribution < 1.29 is 9.18 Å². The Bertz CT molecular complexity index is 1090. The first-order valence-electron chi connectivity index (χ1n) is 11.0. The van der Waals surface area contributed by atoms with E-state index in [9.17, 15) is 9.18 Å². The largest absolute Gasteiger partial charge is 0.336 e. The Morgan fingerprint density at radius 1 is 1.03 bits per heavy atom. The number of halogens is 1. The van der Waals surface area contributed by atoms with Crippen LogP contribution >= 0.6 is 11.8 Å². The van der Waals surface area contributed by atoms with Gasteiger partial charge in [0, 0.05) is 17.6 Å². The van der Waals surface area contributed by atoms with Gasteiger partial charge in [-0.2, -0.15) is 0 Å². The highest BCUT2D eigenvalue weighted by atomic mass is 32.2. The molecule has 0 unspecified atom stereocenters. The summed E-state index contributed by atoms with van der Waals surface area (Å²) in [5.74, 6) is 0.478. The van der Waals surface area contributed by atoms with Gasteiger partial charge >= 0.3 is 0 Å². The predicted molar refractivity (Wildman–Crippen MR) is 123 cm³/mol. The van der Waals surface area contributed by atoms with Crippen molar-refractivity contribution in [2.24, 2.45) is 0 Å². The van der Waals surface area contributed by atoms with Gasteiger partial charge < -0.3 is 10.3 Å². The second-order valence-corrected chi connectivity index (χ2v) is 9.69. The van der Waals surface area contributed by atoms with Gasteiger partial charge in [0.1, 0.15) is 11.1 Å². The number of nitrogens with zero attached hydrogens (tertiary/aromatic N) is 4. The zero-order chi connectivity index (χ0) is 22.2. The summed E-state index contributed by atoms with van der Waals surface area (Å²) in [6.45, 7) is 4.24. The molecule has 5 rings (SSSR count). The average Bonchev–Trinajstić information content (AvgIpc) is 3.22. The fourth-order valence-corrected chi connectivity index (χ4v) is 5.88. The molecule has 4 atom stereocenters. The molecule has 2 aliphatic heterocycles. The normalized spacial score (nSPS) is 25.2. The molecule has 1 fully saturated rings. The van der Waals surface area contributed by atoms with E-state index in [1.165, 1.54) is 23.9 Å². The minimum atomic E-state index is -0.427. The molecule has 8 heteroatoms. The van der Waals surface area contributed by atoms with Crippen molar-refractivity contribution in [1.82, 2.24) is 19.8 Å². The van der Waals surface area contributed by atoms with Crippen LogP contribution in [0.2, 0.25) is 0 Å². The SMILES string of the molecule is C[C@@H]1CCC[C@H](C)N1C(=O)[C@H]1Sc2nnc(-c3ccccc3)n2N[C@H]1c1ccc(F)cc1. The van der Waals surface area contributed by atoms with Crippen LogP contribution < -0.4 is 5.43 Å². The van der Waals surface area contributed by atoms with Crippen molar-refractivity contribution in [3.8, 4) is 11.4 Å². The topological polar surface area (TPSA) is 63.1 Å². The lowest BCUT2D eigenvalue weighted by Crippen LogP contribution is -2.53. The molecule has 0 spiro atoms. The number of hydrogen-bond acceptors (Lipinski definition) is 5. The lowest BCUT2D eigenvalue weighted by Gasteiger charge is -2.43. The standard InChI is InChI=1S/C24H26FN5OS/c1-15-7-6-8-16(2)29(15)23(31)21-20(17-11-13-19(25)14-12-17)28-30-22(26-27-24(30)32-21)18-9-4-3-5-10-18/h3-5,9-16,20-21,28H,6-8H2,1-2H3/t15-,16+,20-,21-/m0/s1. The van der Waals surface area contributed by atoms with Crippen LogP contribution in [0.4, 0.5) is 4.39 Å². The minimum absolute atomic E-state index is 0.0898. The minimum Gasteiger partial charge on any atom is -0.336 e. The van der Waals surface area contributed by atoms with Crippen LogP contribution in [0.1, 0.15) is 44.7 Å². The van der Waals surface area contributed by atoms with Crippen LogP contribution in [0.5, 0.6) is 0 Å². The van der Waals surface area contributed by atoms with E-state index < -0.39 is 5.25 Å². The quantitative estimate of drug-likeness (QED) is 0.629. The summed E-state index contributed by atoms with van der Waals surface area (Å²) in [4.78, 5) is 15.9. The molecule has 0 bridgehead atoms. The van der Waals surface area contributed by atoms with Crippen LogP contribution in [-0.4, -0.2) is 43.0 Å². The molecule has 32 heavy (non-hydrogen) atoms. The fraction of sp³-hybridized carbons (Fsp3) is 0.375. The van der Waals surface area contributed by atoms with Crippen molar-refractivity contribution in [3.05, 3.63) is 66.0 Å². The van der Waals surface area contributed by atoms with Crippen molar-refractivity contribution in [3.63, 3.8) is 0 Å². The summed E-state index contributed by atoms with van der Waals surface area (Å²) in [7, 11) is 0. The Kier molecular flexibility index (Phi) is 5.63. The van der Waals surface area contributed by atoms with Crippen LogP contribution in [0.3, 0.4) is 0 Å². The molecule has 2 aliphatic rings. The Morgan fingerprint density at radius 3 is 2.41 bits per heavy atom. The Morgan fingerprint density at radius 2 is 1.72 bits per heavy atom. The van der Waals surface area contributed by atoms with Crippen LogP contribution in [0.15, 0.2) is 59.8 Å². The summed E-state index contributed by atoms with van der Waals surface area (Å²) < 4.78 is 15.5. The molecule has 1 amide bonds. The predicted octanol–water partition coefficient (Wildman–Crippen LogP) is 4.63. The highest BCUT2D eigenvalue weighted by Crippen LogP contribution is 2.40. The van der Waals surface area contributed by atoms with E-state index in [0.29, 0.717) is 11.0 Å². The second kappa shape index (κ2) is 8.58. The molecule has 1 aromatic heterocycles. The van der Waals surface area contributed by atoms with E-state index in [-0.39, 0.29) is 29.8 Å². The summed E-state index contributed by atoms with van der Waals surface area (Å²) in [5, 5.41) is 8.99. The maximum absolute atomic E-state index is 13.8. The van der Waals surface area contributed by atoms with Crippen LogP contribution in [0, 0.1) is 5.82 Å². The molecule has 1 N–H and O–H groups in total. The summed E-state index contributed by atoms with van der Waals surface area (Å²) in [6.07, 6.45) is 3.16. The number of rotatable bonds is 3. The maximum Gasteiger partial charge on any atom is 0.239 e. The Labute approximate surface area is 191 Å². The lowest BCUT2D eigenvalue weighted by molar-refractivity contribution is -0.137. The van der Waals surface area contributed by atoms with E-state index in [2.05, 4.69) is 29.5 Å². The monoisotopic (exact) mass is 451 g/mol. The third kappa shape index (κ3) is 3.77. The number of nitrogens with one attached hydrogen (secondary N) is 1.